The van der Waals surface area contributed by atoms with Crippen LogP contribution in [0.1, 0.15) is 28.4 Å². The molecule has 3 aromatic carbocycles. The first-order valence-corrected chi connectivity index (χ1v) is 11.1. The molecule has 2 heterocycles. The quantitative estimate of drug-likeness (QED) is 0.324. The number of hydrogen-bond donors (Lipinski definition) is 2. The fraction of sp³-hybridized carbons (Fsp3) is 0.160. The third kappa shape index (κ3) is 3.61. The normalized spacial score (nSPS) is 15.6. The molecule has 32 heavy (non-hydrogen) atoms. The summed E-state index contributed by atoms with van der Waals surface area (Å²) >= 11 is 12.5. The van der Waals surface area contributed by atoms with Gasteiger partial charge in [0.25, 0.3) is 0 Å². The molecule has 4 aromatic rings. The van der Waals surface area contributed by atoms with Crippen molar-refractivity contribution in [2.24, 2.45) is 0 Å². The summed E-state index contributed by atoms with van der Waals surface area (Å²) in [6, 6.07) is 16.8. The maximum Gasteiger partial charge on any atom is 0.322 e. The first kappa shape index (κ1) is 20.9. The van der Waals surface area contributed by atoms with E-state index >= 15 is 0 Å². The van der Waals surface area contributed by atoms with Gasteiger partial charge in [0.2, 0.25) is 0 Å². The number of rotatable bonds is 2. The predicted molar refractivity (Wildman–Crippen MR) is 127 cm³/mol. The van der Waals surface area contributed by atoms with Crippen molar-refractivity contribution < 1.29 is 9.18 Å². The zero-order valence-electron chi connectivity index (χ0n) is 17.3. The zero-order chi connectivity index (χ0) is 22.4. The second kappa shape index (κ2) is 8.15. The van der Waals surface area contributed by atoms with Gasteiger partial charge in [0.1, 0.15) is 5.82 Å². The van der Waals surface area contributed by atoms with Crippen LogP contribution >= 0.6 is 23.2 Å². The average Bonchev–Trinajstić information content (AvgIpc) is 3.15. The minimum absolute atomic E-state index is 0.243. The van der Waals surface area contributed by atoms with E-state index in [0.717, 1.165) is 33.3 Å². The molecule has 0 saturated heterocycles. The van der Waals surface area contributed by atoms with Gasteiger partial charge in [-0.1, -0.05) is 41.4 Å². The summed E-state index contributed by atoms with van der Waals surface area (Å²) in [6.45, 7) is 2.37. The topological polar surface area (TPSA) is 48.1 Å². The van der Waals surface area contributed by atoms with E-state index in [4.69, 9.17) is 23.2 Å². The Morgan fingerprint density at radius 2 is 1.91 bits per heavy atom. The molecule has 1 unspecified atom stereocenters. The summed E-state index contributed by atoms with van der Waals surface area (Å²) in [7, 11) is 0. The second-order valence-electron chi connectivity index (χ2n) is 7.95. The monoisotopic (exact) mass is 467 g/mol. The number of nitrogens with one attached hydrogen (secondary N) is 2. The molecular formula is C25H20Cl2FN3O. The minimum atomic E-state index is -0.398. The molecule has 0 aliphatic carbocycles. The molecule has 1 aromatic heterocycles. The van der Waals surface area contributed by atoms with E-state index in [1.807, 2.05) is 31.2 Å². The van der Waals surface area contributed by atoms with Crippen LogP contribution in [0.4, 0.5) is 14.9 Å². The molecule has 0 bridgehead atoms. The van der Waals surface area contributed by atoms with Crippen LogP contribution in [0.15, 0.2) is 60.7 Å². The largest absolute Gasteiger partial charge is 0.356 e. The van der Waals surface area contributed by atoms with E-state index in [2.05, 4.69) is 10.3 Å². The number of fused-ring (bicyclic) bond motifs is 3. The van der Waals surface area contributed by atoms with Gasteiger partial charge in [-0.2, -0.15) is 0 Å². The Bertz CT molecular complexity index is 1330. The third-order valence-electron chi connectivity index (χ3n) is 6.04. The SMILES string of the molecule is Cc1c(Cl)cccc1NC(=O)N1CCc2c([nH]c3ccc(Cl)cc23)C1c1ccc(F)cc1. The summed E-state index contributed by atoms with van der Waals surface area (Å²) in [5.74, 6) is -0.321. The highest BCUT2D eigenvalue weighted by Crippen LogP contribution is 2.39. The number of benzene rings is 3. The Morgan fingerprint density at radius 1 is 1.12 bits per heavy atom. The smallest absolute Gasteiger partial charge is 0.322 e. The van der Waals surface area contributed by atoms with Crippen molar-refractivity contribution in [3.63, 3.8) is 0 Å². The van der Waals surface area contributed by atoms with Crippen molar-refractivity contribution in [1.82, 2.24) is 9.88 Å². The molecule has 0 spiro atoms. The van der Waals surface area contributed by atoms with Crippen LogP contribution in [0.2, 0.25) is 10.0 Å². The van der Waals surface area contributed by atoms with E-state index in [-0.39, 0.29) is 11.8 Å². The van der Waals surface area contributed by atoms with Crippen LogP contribution in [0.5, 0.6) is 0 Å². The predicted octanol–water partition coefficient (Wildman–Crippen LogP) is 7.10. The van der Waals surface area contributed by atoms with Crippen LogP contribution in [0, 0.1) is 12.7 Å². The lowest BCUT2D eigenvalue weighted by molar-refractivity contribution is 0.193. The molecule has 0 radical (unpaired) electrons. The highest BCUT2D eigenvalue weighted by molar-refractivity contribution is 6.32. The highest BCUT2D eigenvalue weighted by Gasteiger charge is 2.35. The summed E-state index contributed by atoms with van der Waals surface area (Å²) in [5.41, 5.74) is 5.29. The van der Waals surface area contributed by atoms with Gasteiger partial charge in [0.15, 0.2) is 0 Å². The standard InChI is InChI=1S/C25H20Cl2FN3O/c1-14-20(27)3-2-4-21(14)30-25(32)31-12-11-18-19-13-16(26)7-10-22(19)29-23(18)24(31)15-5-8-17(28)9-6-15/h2-10,13,24,29H,11-12H2,1H3,(H,30,32). The van der Waals surface area contributed by atoms with Gasteiger partial charge in [-0.3, -0.25) is 0 Å². The molecule has 162 valence electrons. The van der Waals surface area contributed by atoms with Crippen LogP contribution in [-0.4, -0.2) is 22.5 Å². The average molecular weight is 468 g/mol. The number of H-pyrrole nitrogens is 1. The van der Waals surface area contributed by atoms with Gasteiger partial charge in [-0.05, 0) is 72.5 Å². The van der Waals surface area contributed by atoms with Gasteiger partial charge in [-0.25, -0.2) is 9.18 Å². The molecule has 1 aliphatic heterocycles. The maximum atomic E-state index is 13.7. The van der Waals surface area contributed by atoms with E-state index < -0.39 is 6.04 Å². The van der Waals surface area contributed by atoms with Crippen molar-refractivity contribution in [2.45, 2.75) is 19.4 Å². The van der Waals surface area contributed by atoms with Gasteiger partial charge < -0.3 is 15.2 Å². The fourth-order valence-corrected chi connectivity index (χ4v) is 4.75. The molecule has 2 amide bonds. The van der Waals surface area contributed by atoms with E-state index in [1.54, 1.807) is 29.2 Å². The first-order chi connectivity index (χ1) is 15.4. The van der Waals surface area contributed by atoms with Gasteiger partial charge in [0.05, 0.1) is 6.04 Å². The number of hydrogen-bond acceptors (Lipinski definition) is 1. The Labute approximate surface area is 194 Å². The third-order valence-corrected chi connectivity index (χ3v) is 6.69. The van der Waals surface area contributed by atoms with Crippen LogP contribution in [0.25, 0.3) is 10.9 Å². The Hall–Kier alpha value is -3.02. The van der Waals surface area contributed by atoms with Crippen molar-refractivity contribution in [3.05, 3.63) is 98.9 Å². The number of nitrogens with zero attached hydrogens (tertiary/aromatic N) is 1. The Morgan fingerprint density at radius 3 is 2.69 bits per heavy atom. The molecule has 5 rings (SSSR count). The fourth-order valence-electron chi connectivity index (χ4n) is 4.40. The number of amides is 2. The molecule has 0 saturated carbocycles. The van der Waals surface area contributed by atoms with Crippen molar-refractivity contribution >= 4 is 45.8 Å². The van der Waals surface area contributed by atoms with Gasteiger partial charge in [0, 0.05) is 38.9 Å². The van der Waals surface area contributed by atoms with Crippen molar-refractivity contribution in [2.75, 3.05) is 11.9 Å². The molecule has 2 N–H and O–H groups in total. The summed E-state index contributed by atoms with van der Waals surface area (Å²) in [5, 5.41) is 5.30. The molecule has 1 aliphatic rings. The van der Waals surface area contributed by atoms with Crippen LogP contribution < -0.4 is 5.32 Å². The number of carbonyl (C=O) groups is 1. The van der Waals surface area contributed by atoms with Gasteiger partial charge in [-0.15, -0.1) is 0 Å². The lowest BCUT2D eigenvalue weighted by Gasteiger charge is -2.36. The first-order valence-electron chi connectivity index (χ1n) is 10.3. The number of aromatic amines is 1. The van der Waals surface area contributed by atoms with E-state index in [9.17, 15) is 9.18 Å². The van der Waals surface area contributed by atoms with Crippen molar-refractivity contribution in [1.29, 1.82) is 0 Å². The summed E-state index contributed by atoms with van der Waals surface area (Å²) in [4.78, 5) is 18.7. The number of carbonyl (C=O) groups excluding carboxylic acids is 1. The van der Waals surface area contributed by atoms with E-state index in [0.29, 0.717) is 28.7 Å². The van der Waals surface area contributed by atoms with Crippen LogP contribution in [-0.2, 0) is 6.42 Å². The zero-order valence-corrected chi connectivity index (χ0v) is 18.8. The van der Waals surface area contributed by atoms with E-state index in [1.165, 1.54) is 12.1 Å². The minimum Gasteiger partial charge on any atom is -0.356 e. The number of halogens is 3. The maximum absolute atomic E-state index is 13.7. The van der Waals surface area contributed by atoms with Crippen molar-refractivity contribution in [3.8, 4) is 0 Å². The summed E-state index contributed by atoms with van der Waals surface area (Å²) in [6.07, 6.45) is 0.676. The molecule has 7 heteroatoms. The molecular weight excluding hydrogens is 448 g/mol. The lowest BCUT2D eigenvalue weighted by Crippen LogP contribution is -2.43. The highest BCUT2D eigenvalue weighted by atomic mass is 35.5. The number of anilines is 1. The lowest BCUT2D eigenvalue weighted by atomic mass is 9.92. The second-order valence-corrected chi connectivity index (χ2v) is 8.79. The Balaban J connectivity index is 1.59. The molecule has 1 atom stereocenters. The van der Waals surface area contributed by atoms with Gasteiger partial charge >= 0.3 is 6.03 Å². The molecule has 4 nitrogen and oxygen atoms in total. The Kier molecular flexibility index (Phi) is 5.31. The van der Waals surface area contributed by atoms with Crippen LogP contribution in [0.3, 0.4) is 0 Å². The number of urea groups is 1. The molecule has 0 fully saturated rings. The summed E-state index contributed by atoms with van der Waals surface area (Å²) < 4.78 is 13.7. The number of aromatic nitrogens is 1.